The molecule has 1 aromatic heterocycles. The third-order valence-electron chi connectivity index (χ3n) is 7.82. The number of fused-ring (bicyclic) bond motifs is 1. The highest BCUT2D eigenvalue weighted by molar-refractivity contribution is 5.97. The fourth-order valence-corrected chi connectivity index (χ4v) is 5.41. The van der Waals surface area contributed by atoms with Crippen molar-refractivity contribution in [2.75, 3.05) is 75.2 Å². The average molecular weight is 538 g/mol. The summed E-state index contributed by atoms with van der Waals surface area (Å²) in [5.74, 6) is 1.60. The molecule has 2 aliphatic heterocycles. The second kappa shape index (κ2) is 12.6. The van der Waals surface area contributed by atoms with Gasteiger partial charge in [-0.05, 0) is 31.0 Å². The molecule has 0 atom stereocenters. The van der Waals surface area contributed by atoms with E-state index < -0.39 is 0 Å². The quantitative estimate of drug-likeness (QED) is 0.525. The normalized spacial score (nSPS) is 18.9. The number of anilines is 4. The Morgan fingerprint density at radius 3 is 2.69 bits per heavy atom. The molecule has 39 heavy (non-hydrogen) atoms. The van der Waals surface area contributed by atoms with E-state index in [1.165, 1.54) is 6.42 Å². The van der Waals surface area contributed by atoms with Gasteiger partial charge in [-0.2, -0.15) is 4.98 Å². The summed E-state index contributed by atoms with van der Waals surface area (Å²) in [5, 5.41) is 6.41. The maximum absolute atomic E-state index is 12.9. The molecular weight excluding hydrogens is 498 g/mol. The number of amides is 2. The lowest BCUT2D eigenvalue weighted by Gasteiger charge is -2.30. The topological polar surface area (TPSA) is 112 Å². The van der Waals surface area contributed by atoms with Gasteiger partial charge in [0.15, 0.2) is 5.82 Å². The van der Waals surface area contributed by atoms with Gasteiger partial charge in [-0.1, -0.05) is 19.3 Å². The fourth-order valence-electron chi connectivity index (χ4n) is 5.41. The summed E-state index contributed by atoms with van der Waals surface area (Å²) in [7, 11) is 3.35. The zero-order chi connectivity index (χ0) is 27.2. The molecule has 5 rings (SSSR count). The van der Waals surface area contributed by atoms with Crippen LogP contribution in [0.5, 0.6) is 5.75 Å². The number of nitrogens with one attached hydrogen (secondary N) is 2. The van der Waals surface area contributed by atoms with Crippen molar-refractivity contribution >= 4 is 35.0 Å². The van der Waals surface area contributed by atoms with Crippen molar-refractivity contribution in [3.8, 4) is 5.75 Å². The molecule has 210 valence electrons. The zero-order valence-electron chi connectivity index (χ0n) is 22.9. The maximum Gasteiger partial charge on any atom is 0.251 e. The molecule has 0 bridgehead atoms. The molecule has 0 radical (unpaired) electrons. The Hall–Kier alpha value is -3.44. The Morgan fingerprint density at radius 1 is 1.13 bits per heavy atom. The summed E-state index contributed by atoms with van der Waals surface area (Å²) in [6.07, 6.45) is 7.72. The minimum atomic E-state index is -0.0864. The van der Waals surface area contributed by atoms with Gasteiger partial charge in [0.05, 0.1) is 32.2 Å². The number of carbonyl (C=O) groups excluding carboxylic acids is 2. The lowest BCUT2D eigenvalue weighted by Crippen LogP contribution is -2.42. The monoisotopic (exact) mass is 537 g/mol. The predicted octanol–water partition coefficient (Wildman–Crippen LogP) is 2.80. The Bertz CT molecular complexity index is 1160. The number of hydrogen-bond acceptors (Lipinski definition) is 9. The summed E-state index contributed by atoms with van der Waals surface area (Å²) in [5.41, 5.74) is 1.90. The van der Waals surface area contributed by atoms with E-state index in [1.54, 1.807) is 37.4 Å². The lowest BCUT2D eigenvalue weighted by atomic mass is 9.95. The first-order valence-electron chi connectivity index (χ1n) is 14.0. The Labute approximate surface area is 229 Å². The number of ether oxygens (including phenoxy) is 2. The van der Waals surface area contributed by atoms with Crippen LogP contribution in [0.2, 0.25) is 0 Å². The van der Waals surface area contributed by atoms with Crippen molar-refractivity contribution in [1.82, 2.24) is 20.2 Å². The van der Waals surface area contributed by atoms with Gasteiger partial charge in [-0.25, -0.2) is 4.98 Å². The molecule has 3 heterocycles. The second-order valence-corrected chi connectivity index (χ2v) is 10.4. The first-order chi connectivity index (χ1) is 19.0. The first kappa shape index (κ1) is 27.1. The van der Waals surface area contributed by atoms with Crippen molar-refractivity contribution in [2.24, 2.45) is 0 Å². The number of nitrogens with zero attached hydrogens (tertiary/aromatic N) is 5. The van der Waals surface area contributed by atoms with E-state index in [-0.39, 0.29) is 17.9 Å². The van der Waals surface area contributed by atoms with Crippen LogP contribution >= 0.6 is 0 Å². The summed E-state index contributed by atoms with van der Waals surface area (Å²) in [6.45, 7) is 5.51. The van der Waals surface area contributed by atoms with Crippen LogP contribution in [-0.2, 0) is 9.53 Å². The molecule has 2 fully saturated rings. The highest BCUT2D eigenvalue weighted by Gasteiger charge is 2.27. The predicted molar refractivity (Wildman–Crippen MR) is 150 cm³/mol. The zero-order valence-corrected chi connectivity index (χ0v) is 22.9. The van der Waals surface area contributed by atoms with Crippen LogP contribution in [0.25, 0.3) is 0 Å². The molecule has 0 unspecified atom stereocenters. The molecule has 3 aliphatic rings. The van der Waals surface area contributed by atoms with Crippen LogP contribution in [0.1, 0.15) is 48.9 Å². The van der Waals surface area contributed by atoms with Gasteiger partial charge in [0.2, 0.25) is 11.9 Å². The Kier molecular flexibility index (Phi) is 8.77. The molecule has 1 aliphatic carbocycles. The van der Waals surface area contributed by atoms with Crippen LogP contribution in [0.3, 0.4) is 0 Å². The maximum atomic E-state index is 12.9. The van der Waals surface area contributed by atoms with Crippen molar-refractivity contribution in [3.63, 3.8) is 0 Å². The van der Waals surface area contributed by atoms with E-state index >= 15 is 0 Å². The van der Waals surface area contributed by atoms with E-state index in [9.17, 15) is 9.59 Å². The number of rotatable bonds is 8. The Balaban J connectivity index is 1.33. The minimum absolute atomic E-state index is 0.0400. The molecule has 2 aromatic rings. The van der Waals surface area contributed by atoms with Crippen LogP contribution in [0.4, 0.5) is 23.1 Å². The molecule has 2 amide bonds. The van der Waals surface area contributed by atoms with Gasteiger partial charge in [0.1, 0.15) is 11.4 Å². The molecule has 11 nitrogen and oxygen atoms in total. The second-order valence-electron chi connectivity index (χ2n) is 10.4. The first-order valence-corrected chi connectivity index (χ1v) is 14.0. The van der Waals surface area contributed by atoms with Crippen LogP contribution in [0.15, 0.2) is 24.4 Å². The van der Waals surface area contributed by atoms with Gasteiger partial charge in [0, 0.05) is 57.8 Å². The van der Waals surface area contributed by atoms with Gasteiger partial charge < -0.3 is 29.9 Å². The molecule has 1 saturated heterocycles. The minimum Gasteiger partial charge on any atom is -0.495 e. The average Bonchev–Trinajstić information content (AvgIpc) is 3.08. The molecular formula is C28H39N7O4. The van der Waals surface area contributed by atoms with E-state index in [1.807, 2.05) is 6.07 Å². The molecule has 11 heteroatoms. The van der Waals surface area contributed by atoms with Gasteiger partial charge in [0.25, 0.3) is 5.91 Å². The number of aromatic nitrogens is 2. The Morgan fingerprint density at radius 2 is 1.92 bits per heavy atom. The van der Waals surface area contributed by atoms with Crippen LogP contribution in [0, 0.1) is 0 Å². The highest BCUT2D eigenvalue weighted by Crippen LogP contribution is 2.33. The number of methoxy groups -OCH3 is 1. The highest BCUT2D eigenvalue weighted by atomic mass is 16.5. The molecule has 1 aromatic carbocycles. The lowest BCUT2D eigenvalue weighted by molar-refractivity contribution is -0.118. The summed E-state index contributed by atoms with van der Waals surface area (Å²) in [4.78, 5) is 41.0. The SMILES string of the molecule is COc1cc(C(=O)NC2CCCCC2)ccc1Nc1ncc2c(n1)N(CCN1CCOCC1)CCC(=O)N2C. The number of carbonyl (C=O) groups is 2. The number of morpholine rings is 1. The smallest absolute Gasteiger partial charge is 0.251 e. The largest absolute Gasteiger partial charge is 0.495 e. The summed E-state index contributed by atoms with van der Waals surface area (Å²) in [6, 6.07) is 5.58. The van der Waals surface area contributed by atoms with E-state index in [0.29, 0.717) is 41.6 Å². The van der Waals surface area contributed by atoms with E-state index in [4.69, 9.17) is 14.5 Å². The van der Waals surface area contributed by atoms with Crippen molar-refractivity contribution in [1.29, 1.82) is 0 Å². The van der Waals surface area contributed by atoms with Crippen molar-refractivity contribution < 1.29 is 19.1 Å². The molecule has 1 saturated carbocycles. The van der Waals surface area contributed by atoms with Crippen molar-refractivity contribution in [2.45, 2.75) is 44.6 Å². The number of benzene rings is 1. The van der Waals surface area contributed by atoms with E-state index in [2.05, 4.69) is 25.4 Å². The van der Waals surface area contributed by atoms with Gasteiger partial charge >= 0.3 is 0 Å². The standard InChI is InChI=1S/C28H39N7O4/c1-33-23-19-29-28(32-26(23)35(11-10-25(33)36)13-12-34-14-16-39-17-15-34)31-22-9-8-20(18-24(22)38-2)27(37)30-21-6-4-3-5-7-21/h8-9,18-19,21H,3-7,10-17H2,1-2H3,(H,30,37)(H,29,31,32). The number of hydrogen-bond donors (Lipinski definition) is 2. The van der Waals surface area contributed by atoms with Crippen molar-refractivity contribution in [3.05, 3.63) is 30.0 Å². The van der Waals surface area contributed by atoms with Crippen LogP contribution < -0.4 is 25.2 Å². The van der Waals surface area contributed by atoms with Crippen LogP contribution in [-0.4, -0.2) is 92.8 Å². The fraction of sp³-hybridized carbons (Fsp3) is 0.571. The molecule has 0 spiro atoms. The van der Waals surface area contributed by atoms with Gasteiger partial charge in [-0.15, -0.1) is 0 Å². The summed E-state index contributed by atoms with van der Waals surface area (Å²) >= 11 is 0. The van der Waals surface area contributed by atoms with Gasteiger partial charge in [-0.3, -0.25) is 14.5 Å². The van der Waals surface area contributed by atoms with E-state index in [0.717, 1.165) is 70.9 Å². The molecule has 2 N–H and O–H groups in total. The third kappa shape index (κ3) is 6.59. The summed E-state index contributed by atoms with van der Waals surface area (Å²) < 4.78 is 11.1. The third-order valence-corrected chi connectivity index (χ3v) is 7.82.